The molecule has 2 aromatic rings. The highest BCUT2D eigenvalue weighted by molar-refractivity contribution is 6.01. The van der Waals surface area contributed by atoms with Gasteiger partial charge in [-0.05, 0) is 36.4 Å². The Kier molecular flexibility index (Phi) is 5.83. The average molecular weight is 335 g/mol. The fourth-order valence-electron chi connectivity index (χ4n) is 1.84. The molecule has 0 fully saturated rings. The summed E-state index contributed by atoms with van der Waals surface area (Å²) in [6, 6.07) is 9.56. The first-order chi connectivity index (χ1) is 11.5. The molecule has 0 atom stereocenters. The molecule has 2 rings (SSSR count). The molecule has 0 aliphatic carbocycles. The number of benzene rings is 2. The molecule has 7 heteroatoms. The van der Waals surface area contributed by atoms with E-state index in [1.807, 2.05) is 0 Å². The maximum Gasteiger partial charge on any atom is 0.315 e. The van der Waals surface area contributed by atoms with E-state index in [2.05, 4.69) is 10.1 Å². The number of hydrogen-bond donors (Lipinski definition) is 1. The monoisotopic (exact) mass is 335 g/mol. The molecule has 24 heavy (non-hydrogen) atoms. The van der Waals surface area contributed by atoms with Crippen molar-refractivity contribution < 1.29 is 27.8 Å². The third-order valence-corrected chi connectivity index (χ3v) is 3.08. The Balaban J connectivity index is 1.90. The number of ether oxygens (including phenoxy) is 2. The Hall–Kier alpha value is -2.96. The number of methoxy groups -OCH3 is 1. The van der Waals surface area contributed by atoms with Crippen LogP contribution in [0, 0.1) is 11.6 Å². The number of nitrogens with one attached hydrogen (secondary N) is 1. The molecule has 0 spiro atoms. The van der Waals surface area contributed by atoms with Gasteiger partial charge in [-0.3, -0.25) is 9.59 Å². The largest absolute Gasteiger partial charge is 0.489 e. The molecule has 1 N–H and O–H groups in total. The predicted molar refractivity (Wildman–Crippen MR) is 82.4 cm³/mol. The summed E-state index contributed by atoms with van der Waals surface area (Å²) in [7, 11) is 1.20. The summed E-state index contributed by atoms with van der Waals surface area (Å²) >= 11 is 0. The van der Waals surface area contributed by atoms with Crippen LogP contribution < -0.4 is 10.1 Å². The Labute approximate surface area is 137 Å². The Morgan fingerprint density at radius 2 is 1.79 bits per heavy atom. The second-order valence-corrected chi connectivity index (χ2v) is 4.85. The average Bonchev–Trinajstić information content (AvgIpc) is 2.55. The summed E-state index contributed by atoms with van der Waals surface area (Å²) in [6.07, 6.45) is -0.376. The first-order valence-corrected chi connectivity index (χ1v) is 7.01. The number of halogens is 2. The molecule has 0 saturated heterocycles. The van der Waals surface area contributed by atoms with E-state index in [9.17, 15) is 18.4 Å². The summed E-state index contributed by atoms with van der Waals surface area (Å²) in [4.78, 5) is 22.5. The summed E-state index contributed by atoms with van der Waals surface area (Å²) in [5, 5.41) is 2.53. The van der Waals surface area contributed by atoms with Crippen LogP contribution in [-0.2, 0) is 20.9 Å². The van der Waals surface area contributed by atoms with Gasteiger partial charge in [-0.15, -0.1) is 0 Å². The Morgan fingerprint density at radius 3 is 2.42 bits per heavy atom. The Bertz CT molecular complexity index is 732. The van der Waals surface area contributed by atoms with Gasteiger partial charge >= 0.3 is 5.97 Å². The van der Waals surface area contributed by atoms with Crippen molar-refractivity contribution in [3.63, 3.8) is 0 Å². The van der Waals surface area contributed by atoms with Gasteiger partial charge in [-0.25, -0.2) is 8.78 Å². The molecule has 2 aromatic carbocycles. The van der Waals surface area contributed by atoms with Crippen molar-refractivity contribution in [1.29, 1.82) is 0 Å². The number of hydrogen-bond acceptors (Lipinski definition) is 4. The maximum atomic E-state index is 13.5. The van der Waals surface area contributed by atoms with E-state index in [1.165, 1.54) is 13.2 Å². The third kappa shape index (κ3) is 5.05. The number of amides is 1. The van der Waals surface area contributed by atoms with Crippen LogP contribution >= 0.6 is 0 Å². The minimum atomic E-state index is -0.679. The number of rotatable bonds is 6. The molecule has 126 valence electrons. The van der Waals surface area contributed by atoms with Gasteiger partial charge in [0.05, 0.1) is 7.11 Å². The molecule has 5 nitrogen and oxygen atoms in total. The van der Waals surface area contributed by atoms with Crippen molar-refractivity contribution in [2.75, 3.05) is 12.4 Å². The fourth-order valence-corrected chi connectivity index (χ4v) is 1.84. The molecule has 0 aliphatic rings. The maximum absolute atomic E-state index is 13.5. The van der Waals surface area contributed by atoms with E-state index in [0.29, 0.717) is 11.4 Å². The number of anilines is 1. The van der Waals surface area contributed by atoms with E-state index >= 15 is 0 Å². The number of carbonyl (C=O) groups excluding carboxylic acids is 2. The van der Waals surface area contributed by atoms with Crippen LogP contribution in [0.1, 0.15) is 12.0 Å². The minimum Gasteiger partial charge on any atom is -0.489 e. The van der Waals surface area contributed by atoms with Gasteiger partial charge in [0.1, 0.15) is 30.4 Å². The first-order valence-electron chi connectivity index (χ1n) is 7.01. The van der Waals surface area contributed by atoms with Crippen molar-refractivity contribution in [3.8, 4) is 5.75 Å². The van der Waals surface area contributed by atoms with Crippen molar-refractivity contribution in [3.05, 3.63) is 59.7 Å². The lowest BCUT2D eigenvalue weighted by atomic mass is 10.2. The van der Waals surface area contributed by atoms with E-state index in [1.54, 1.807) is 24.3 Å². The van der Waals surface area contributed by atoms with E-state index in [-0.39, 0.29) is 18.6 Å². The highest BCUT2D eigenvalue weighted by atomic mass is 19.1. The van der Waals surface area contributed by atoms with E-state index in [4.69, 9.17) is 4.74 Å². The summed E-state index contributed by atoms with van der Waals surface area (Å²) in [5.74, 6) is -2.01. The van der Waals surface area contributed by atoms with E-state index < -0.39 is 23.5 Å². The van der Waals surface area contributed by atoms with Crippen molar-refractivity contribution in [2.24, 2.45) is 0 Å². The van der Waals surface area contributed by atoms with Crippen LogP contribution in [0.25, 0.3) is 0 Å². The standard InChI is InChI=1S/C17H15F2NO4/c1-23-17(22)9-16(21)20-13-4-6-14(7-5-13)24-10-11-2-3-12(18)8-15(11)19/h2-8H,9-10H2,1H3,(H,20,21). The van der Waals surface area contributed by atoms with Gasteiger partial charge in [0.25, 0.3) is 0 Å². The number of carbonyl (C=O) groups is 2. The molecule has 0 aliphatic heterocycles. The van der Waals surface area contributed by atoms with Gasteiger partial charge in [0.2, 0.25) is 5.91 Å². The van der Waals surface area contributed by atoms with Crippen LogP contribution in [0.3, 0.4) is 0 Å². The lowest BCUT2D eigenvalue weighted by Crippen LogP contribution is -2.17. The molecule has 0 heterocycles. The SMILES string of the molecule is COC(=O)CC(=O)Nc1ccc(OCc2ccc(F)cc2F)cc1. The smallest absolute Gasteiger partial charge is 0.315 e. The summed E-state index contributed by atoms with van der Waals surface area (Å²) in [6.45, 7) is -0.0554. The highest BCUT2D eigenvalue weighted by Gasteiger charge is 2.09. The zero-order valence-electron chi connectivity index (χ0n) is 12.8. The van der Waals surface area contributed by atoms with Crippen LogP contribution in [0.5, 0.6) is 5.75 Å². The Morgan fingerprint density at radius 1 is 1.08 bits per heavy atom. The minimum absolute atomic E-state index is 0.0554. The molecule has 0 bridgehead atoms. The number of esters is 1. The molecule has 1 amide bonds. The van der Waals surface area contributed by atoms with Gasteiger partial charge in [0.15, 0.2) is 0 Å². The van der Waals surface area contributed by atoms with E-state index in [0.717, 1.165) is 12.1 Å². The predicted octanol–water partition coefficient (Wildman–Crippen LogP) is 3.05. The topological polar surface area (TPSA) is 64.6 Å². The quantitative estimate of drug-likeness (QED) is 0.651. The van der Waals surface area contributed by atoms with Crippen LogP contribution in [0.15, 0.2) is 42.5 Å². The van der Waals surface area contributed by atoms with Crippen molar-refractivity contribution >= 4 is 17.6 Å². The van der Waals surface area contributed by atoms with Crippen LogP contribution in [0.4, 0.5) is 14.5 Å². The zero-order valence-corrected chi connectivity index (χ0v) is 12.8. The highest BCUT2D eigenvalue weighted by Crippen LogP contribution is 2.18. The molecular weight excluding hydrogens is 320 g/mol. The first kappa shape index (κ1) is 17.4. The van der Waals surface area contributed by atoms with Gasteiger partial charge in [-0.1, -0.05) is 0 Å². The van der Waals surface area contributed by atoms with Crippen molar-refractivity contribution in [1.82, 2.24) is 0 Å². The van der Waals surface area contributed by atoms with Gasteiger partial charge in [0, 0.05) is 17.3 Å². The second kappa shape index (κ2) is 8.05. The van der Waals surface area contributed by atoms with Crippen LogP contribution in [0.2, 0.25) is 0 Å². The lowest BCUT2D eigenvalue weighted by molar-refractivity contribution is -0.142. The second-order valence-electron chi connectivity index (χ2n) is 4.85. The molecule has 0 saturated carbocycles. The van der Waals surface area contributed by atoms with Gasteiger partial charge in [-0.2, -0.15) is 0 Å². The fraction of sp³-hybridized carbons (Fsp3) is 0.176. The third-order valence-electron chi connectivity index (χ3n) is 3.08. The summed E-state index contributed by atoms with van der Waals surface area (Å²) < 4.78 is 36.1. The zero-order chi connectivity index (χ0) is 17.5. The summed E-state index contributed by atoms with van der Waals surface area (Å²) in [5.41, 5.74) is 0.705. The van der Waals surface area contributed by atoms with Gasteiger partial charge < -0.3 is 14.8 Å². The normalized spacial score (nSPS) is 10.1. The molecule has 0 radical (unpaired) electrons. The van der Waals surface area contributed by atoms with Crippen molar-refractivity contribution in [2.45, 2.75) is 13.0 Å². The molecule has 0 unspecified atom stereocenters. The lowest BCUT2D eigenvalue weighted by Gasteiger charge is -2.09. The van der Waals surface area contributed by atoms with Crippen LogP contribution in [-0.4, -0.2) is 19.0 Å². The molecule has 0 aromatic heterocycles. The molecular formula is C17H15F2NO4.